The van der Waals surface area contributed by atoms with E-state index in [9.17, 15) is 9.18 Å². The molecule has 0 unspecified atom stereocenters. The summed E-state index contributed by atoms with van der Waals surface area (Å²) in [5.41, 5.74) is 0.349. The molecule has 1 atom stereocenters. The van der Waals surface area contributed by atoms with Gasteiger partial charge in [-0.25, -0.2) is 14.0 Å². The number of carbonyl (C=O) groups is 1. The number of benzene rings is 1. The zero-order valence-electron chi connectivity index (χ0n) is 9.81. The first-order valence-corrected chi connectivity index (χ1v) is 5.45. The molecule has 1 heterocycles. The summed E-state index contributed by atoms with van der Waals surface area (Å²) in [7, 11) is 1.76. The number of likely N-dealkylation sites (N-methyl/N-ethyl adjacent to an activating group) is 1. The van der Waals surface area contributed by atoms with Gasteiger partial charge in [0.25, 0.3) is 0 Å². The lowest BCUT2D eigenvalue weighted by Crippen LogP contribution is -2.29. The van der Waals surface area contributed by atoms with Gasteiger partial charge in [0.05, 0.1) is 13.1 Å². The molecule has 1 amide bonds. The normalized spacial score (nSPS) is 18.6. The van der Waals surface area contributed by atoms with Crippen LogP contribution in [0.2, 0.25) is 0 Å². The predicted octanol–water partition coefficient (Wildman–Crippen LogP) is 1.92. The van der Waals surface area contributed by atoms with Crippen molar-refractivity contribution in [1.82, 2.24) is 5.32 Å². The molecule has 0 radical (unpaired) electrons. The molecule has 18 heavy (non-hydrogen) atoms. The minimum atomic E-state index is -0.632. The van der Waals surface area contributed by atoms with E-state index in [4.69, 9.17) is 11.3 Å². The molecule has 1 aromatic rings. The number of nitrogens with one attached hydrogen (secondary N) is 1. The lowest BCUT2D eigenvalue weighted by molar-refractivity contribution is 0.141. The molecule has 1 aromatic carbocycles. The van der Waals surface area contributed by atoms with Gasteiger partial charge in [0, 0.05) is 12.2 Å². The Kier molecular flexibility index (Phi) is 3.44. The Hall–Kier alpha value is -2.13. The maximum absolute atomic E-state index is 13.5. The molecule has 0 bridgehead atoms. The highest BCUT2D eigenvalue weighted by atomic mass is 19.1. The molecule has 0 aliphatic carbocycles. The third kappa shape index (κ3) is 2.26. The van der Waals surface area contributed by atoms with E-state index in [1.54, 1.807) is 13.1 Å². The molecule has 1 aliphatic heterocycles. The fourth-order valence-corrected chi connectivity index (χ4v) is 1.82. The largest absolute Gasteiger partial charge is 0.443 e. The fraction of sp³-hybridized carbons (Fsp3) is 0.333. The maximum atomic E-state index is 13.5. The van der Waals surface area contributed by atoms with Gasteiger partial charge >= 0.3 is 6.09 Å². The van der Waals surface area contributed by atoms with Gasteiger partial charge in [-0.05, 0) is 19.2 Å². The van der Waals surface area contributed by atoms with Crippen LogP contribution < -0.4 is 10.2 Å². The number of hydrogen-bond acceptors (Lipinski definition) is 3. The van der Waals surface area contributed by atoms with Crippen LogP contribution in [-0.4, -0.2) is 32.3 Å². The van der Waals surface area contributed by atoms with Gasteiger partial charge < -0.3 is 10.1 Å². The predicted molar refractivity (Wildman–Crippen MR) is 64.2 cm³/mol. The Morgan fingerprint density at radius 1 is 1.67 bits per heavy atom. The van der Waals surface area contributed by atoms with Crippen LogP contribution in [0.4, 0.5) is 20.6 Å². The average molecular weight is 249 g/mol. The second-order valence-corrected chi connectivity index (χ2v) is 3.92. The maximum Gasteiger partial charge on any atom is 0.414 e. The first-order valence-electron chi connectivity index (χ1n) is 5.45. The second-order valence-electron chi connectivity index (χ2n) is 3.92. The number of nitrogens with zero attached hydrogens (tertiary/aromatic N) is 2. The number of anilines is 1. The standard InChI is InChI=1S/C12H12FN3O2/c1-14-6-9-7-16(12(17)18-9)8-3-4-11(15-2)10(13)5-8/h3-5,9,14H,6-7H2,1H3/t9-/m0/s1. The summed E-state index contributed by atoms with van der Waals surface area (Å²) in [6.07, 6.45) is -0.740. The average Bonchev–Trinajstić information content (AvgIpc) is 2.71. The van der Waals surface area contributed by atoms with Crippen LogP contribution in [0.1, 0.15) is 0 Å². The van der Waals surface area contributed by atoms with E-state index in [1.165, 1.54) is 17.0 Å². The Morgan fingerprint density at radius 2 is 2.44 bits per heavy atom. The summed E-state index contributed by atoms with van der Waals surface area (Å²) >= 11 is 0. The highest BCUT2D eigenvalue weighted by Gasteiger charge is 2.32. The molecule has 1 aliphatic rings. The van der Waals surface area contributed by atoms with E-state index in [1.807, 2.05) is 0 Å². The van der Waals surface area contributed by atoms with Crippen molar-refractivity contribution < 1.29 is 13.9 Å². The Bertz CT molecular complexity index is 513. The summed E-state index contributed by atoms with van der Waals surface area (Å²) in [5, 5.41) is 2.91. The molecule has 1 N–H and O–H groups in total. The summed E-state index contributed by atoms with van der Waals surface area (Å²) in [6.45, 7) is 7.68. The first kappa shape index (κ1) is 12.3. The van der Waals surface area contributed by atoms with Crippen molar-refractivity contribution in [3.05, 3.63) is 35.4 Å². The van der Waals surface area contributed by atoms with Gasteiger partial charge in [0.1, 0.15) is 11.9 Å². The summed E-state index contributed by atoms with van der Waals surface area (Å²) in [5.74, 6) is -0.632. The SMILES string of the molecule is [C-]#[N+]c1ccc(N2C[C@H](CNC)OC2=O)cc1F. The van der Waals surface area contributed by atoms with Crippen molar-refractivity contribution in [3.8, 4) is 0 Å². The molecule has 0 saturated carbocycles. The molecular weight excluding hydrogens is 237 g/mol. The van der Waals surface area contributed by atoms with E-state index < -0.39 is 11.9 Å². The number of ether oxygens (including phenoxy) is 1. The van der Waals surface area contributed by atoms with Crippen LogP contribution in [0.25, 0.3) is 4.85 Å². The number of cyclic esters (lactones) is 1. The number of halogens is 1. The Morgan fingerprint density at radius 3 is 3.06 bits per heavy atom. The zero-order valence-corrected chi connectivity index (χ0v) is 9.81. The van der Waals surface area contributed by atoms with Gasteiger partial charge in [-0.15, -0.1) is 0 Å². The van der Waals surface area contributed by atoms with E-state index in [0.29, 0.717) is 18.8 Å². The van der Waals surface area contributed by atoms with Gasteiger partial charge in [0.15, 0.2) is 0 Å². The van der Waals surface area contributed by atoms with E-state index in [-0.39, 0.29) is 11.8 Å². The highest BCUT2D eigenvalue weighted by molar-refractivity contribution is 5.90. The molecule has 1 saturated heterocycles. The first-order chi connectivity index (χ1) is 8.65. The van der Waals surface area contributed by atoms with Gasteiger partial charge in [-0.3, -0.25) is 4.90 Å². The number of amides is 1. The van der Waals surface area contributed by atoms with Crippen molar-refractivity contribution in [1.29, 1.82) is 0 Å². The zero-order chi connectivity index (χ0) is 13.1. The second kappa shape index (κ2) is 5.02. The fourth-order valence-electron chi connectivity index (χ4n) is 1.82. The molecule has 0 aromatic heterocycles. The van der Waals surface area contributed by atoms with E-state index in [0.717, 1.165) is 0 Å². The Balaban J connectivity index is 2.20. The summed E-state index contributed by atoms with van der Waals surface area (Å²) < 4.78 is 18.6. The summed E-state index contributed by atoms with van der Waals surface area (Å²) in [6, 6.07) is 4.08. The third-order valence-electron chi connectivity index (χ3n) is 2.67. The van der Waals surface area contributed by atoms with Gasteiger partial charge in [0.2, 0.25) is 5.69 Å². The monoisotopic (exact) mass is 249 g/mol. The quantitative estimate of drug-likeness (QED) is 0.832. The van der Waals surface area contributed by atoms with Crippen molar-refractivity contribution in [3.63, 3.8) is 0 Å². The molecule has 1 fully saturated rings. The van der Waals surface area contributed by atoms with Crippen LogP contribution in [0.15, 0.2) is 18.2 Å². The smallest absolute Gasteiger partial charge is 0.414 e. The topological polar surface area (TPSA) is 45.9 Å². The summed E-state index contributed by atoms with van der Waals surface area (Å²) in [4.78, 5) is 16.0. The van der Waals surface area contributed by atoms with Crippen LogP contribution in [-0.2, 0) is 4.74 Å². The van der Waals surface area contributed by atoms with Crippen LogP contribution in [0.3, 0.4) is 0 Å². The van der Waals surface area contributed by atoms with Crippen LogP contribution >= 0.6 is 0 Å². The van der Waals surface area contributed by atoms with Gasteiger partial charge in [-0.2, -0.15) is 0 Å². The molecule has 5 nitrogen and oxygen atoms in total. The number of rotatable bonds is 3. The van der Waals surface area contributed by atoms with E-state index >= 15 is 0 Å². The van der Waals surface area contributed by atoms with Gasteiger partial charge in [-0.1, -0.05) is 6.07 Å². The molecular formula is C12H12FN3O2. The molecule has 6 heteroatoms. The molecule has 2 rings (SSSR count). The van der Waals surface area contributed by atoms with Crippen molar-refractivity contribution >= 4 is 17.5 Å². The lowest BCUT2D eigenvalue weighted by atomic mass is 10.2. The van der Waals surface area contributed by atoms with Crippen molar-refractivity contribution in [2.24, 2.45) is 0 Å². The number of carbonyl (C=O) groups excluding carboxylic acids is 1. The molecule has 0 spiro atoms. The third-order valence-corrected chi connectivity index (χ3v) is 2.67. The minimum absolute atomic E-state index is 0.0573. The van der Waals surface area contributed by atoms with Crippen LogP contribution in [0.5, 0.6) is 0 Å². The minimum Gasteiger partial charge on any atom is -0.443 e. The number of hydrogen-bond donors (Lipinski definition) is 1. The Labute approximate surface area is 104 Å². The van der Waals surface area contributed by atoms with Crippen LogP contribution in [0, 0.1) is 12.4 Å². The van der Waals surface area contributed by atoms with E-state index in [2.05, 4.69) is 10.2 Å². The highest BCUT2D eigenvalue weighted by Crippen LogP contribution is 2.27. The lowest BCUT2D eigenvalue weighted by Gasteiger charge is -2.13. The van der Waals surface area contributed by atoms with Crippen molar-refractivity contribution in [2.75, 3.05) is 25.0 Å². The molecule has 94 valence electrons. The van der Waals surface area contributed by atoms with Crippen molar-refractivity contribution in [2.45, 2.75) is 6.10 Å².